The van der Waals surface area contributed by atoms with Crippen LogP contribution in [0.25, 0.3) is 12.2 Å². The first kappa shape index (κ1) is 24.9. The van der Waals surface area contributed by atoms with E-state index in [1.165, 1.54) is 11.4 Å². The van der Waals surface area contributed by atoms with Crippen LogP contribution in [0.5, 0.6) is 0 Å². The van der Waals surface area contributed by atoms with Crippen molar-refractivity contribution in [1.82, 2.24) is 0 Å². The Morgan fingerprint density at radius 3 is 1.25 bits per heavy atom. The van der Waals surface area contributed by atoms with Gasteiger partial charge in [-0.15, -0.1) is 0 Å². The number of nitrogens with zero attached hydrogens (tertiary/aromatic N) is 2. The average molecular weight is 429 g/mol. The summed E-state index contributed by atoms with van der Waals surface area (Å²) in [6, 6.07) is 16.9. The lowest BCUT2D eigenvalue weighted by molar-refractivity contribution is -0.110. The van der Waals surface area contributed by atoms with Gasteiger partial charge in [-0.05, 0) is 75.2 Å². The van der Waals surface area contributed by atoms with Crippen LogP contribution in [-0.4, -0.2) is 32.0 Å². The van der Waals surface area contributed by atoms with Crippen LogP contribution < -0.4 is 9.80 Å². The molecule has 2 aromatic carbocycles. The Bertz CT molecular complexity index is 849. The van der Waals surface area contributed by atoms with E-state index in [9.17, 15) is 4.79 Å². The van der Waals surface area contributed by atoms with Gasteiger partial charge in [0.25, 0.3) is 0 Å². The summed E-state index contributed by atoms with van der Waals surface area (Å²) in [6.45, 7) is 12.7. The van der Waals surface area contributed by atoms with Crippen LogP contribution >= 0.6 is 0 Å². The molecule has 0 N–H and O–H groups in total. The van der Waals surface area contributed by atoms with Crippen LogP contribution in [0.1, 0.15) is 38.8 Å². The molecule has 0 heterocycles. The Labute approximate surface area is 194 Å². The van der Waals surface area contributed by atoms with Gasteiger partial charge in [0.15, 0.2) is 5.78 Å². The highest BCUT2D eigenvalue weighted by molar-refractivity contribution is 5.99. The highest BCUT2D eigenvalue weighted by atomic mass is 16.1. The normalized spacial score (nSPS) is 11.9. The van der Waals surface area contributed by atoms with E-state index in [-0.39, 0.29) is 5.78 Å². The van der Waals surface area contributed by atoms with Crippen molar-refractivity contribution in [2.45, 2.75) is 27.7 Å². The third-order valence-corrected chi connectivity index (χ3v) is 5.36. The van der Waals surface area contributed by atoms with Gasteiger partial charge in [-0.3, -0.25) is 4.79 Å². The second-order valence-corrected chi connectivity index (χ2v) is 7.37. The fraction of sp³-hybridized carbons (Fsp3) is 0.276. The second-order valence-electron chi connectivity index (χ2n) is 7.37. The van der Waals surface area contributed by atoms with Crippen LogP contribution in [0.15, 0.2) is 85.0 Å². The fourth-order valence-electron chi connectivity index (χ4n) is 3.46. The lowest BCUT2D eigenvalue weighted by atomic mass is 10.1. The molecule has 168 valence electrons. The topological polar surface area (TPSA) is 23.6 Å². The van der Waals surface area contributed by atoms with Crippen molar-refractivity contribution in [2.24, 2.45) is 0 Å². The summed E-state index contributed by atoms with van der Waals surface area (Å²) in [7, 11) is 0. The van der Waals surface area contributed by atoms with Crippen molar-refractivity contribution >= 4 is 29.3 Å². The molecule has 3 heteroatoms. The lowest BCUT2D eigenvalue weighted by Crippen LogP contribution is -2.21. The zero-order chi connectivity index (χ0) is 23.2. The van der Waals surface area contributed by atoms with Crippen molar-refractivity contribution < 1.29 is 4.79 Å². The highest BCUT2D eigenvalue weighted by Crippen LogP contribution is 2.16. The van der Waals surface area contributed by atoms with E-state index >= 15 is 0 Å². The molecule has 2 rings (SSSR count). The summed E-state index contributed by atoms with van der Waals surface area (Å²) in [6.07, 6.45) is 14.5. The van der Waals surface area contributed by atoms with E-state index < -0.39 is 0 Å². The first-order valence-corrected chi connectivity index (χ1v) is 11.5. The molecule has 0 aromatic heterocycles. The predicted octanol–water partition coefficient (Wildman–Crippen LogP) is 6.79. The van der Waals surface area contributed by atoms with E-state index in [1.54, 1.807) is 24.3 Å². The number of rotatable bonds is 12. The van der Waals surface area contributed by atoms with Gasteiger partial charge < -0.3 is 9.80 Å². The summed E-state index contributed by atoms with van der Waals surface area (Å²) in [5.41, 5.74) is 4.69. The zero-order valence-corrected chi connectivity index (χ0v) is 19.9. The van der Waals surface area contributed by atoms with Crippen molar-refractivity contribution in [1.29, 1.82) is 0 Å². The number of hydrogen-bond donors (Lipinski definition) is 0. The number of hydrogen-bond acceptors (Lipinski definition) is 3. The van der Waals surface area contributed by atoms with Gasteiger partial charge in [0, 0.05) is 37.6 Å². The van der Waals surface area contributed by atoms with Crippen molar-refractivity contribution in [2.75, 3.05) is 36.0 Å². The minimum absolute atomic E-state index is 0.0342. The van der Waals surface area contributed by atoms with Gasteiger partial charge in [0.1, 0.15) is 0 Å². The molecule has 0 spiro atoms. The second kappa shape index (κ2) is 13.9. The summed E-state index contributed by atoms with van der Waals surface area (Å²) in [4.78, 5) is 16.6. The molecule has 0 saturated heterocycles. The van der Waals surface area contributed by atoms with Crippen LogP contribution in [0.3, 0.4) is 0 Å². The summed E-state index contributed by atoms with van der Waals surface area (Å²) < 4.78 is 0. The fourth-order valence-corrected chi connectivity index (χ4v) is 3.46. The summed E-state index contributed by atoms with van der Waals surface area (Å²) in [5.74, 6) is -0.0342. The number of benzene rings is 2. The predicted molar refractivity (Wildman–Crippen MR) is 141 cm³/mol. The molecule has 32 heavy (non-hydrogen) atoms. The molecular formula is C29H36N2O. The first-order chi connectivity index (χ1) is 15.6. The summed E-state index contributed by atoms with van der Waals surface area (Å²) in [5, 5.41) is 0. The van der Waals surface area contributed by atoms with Crippen LogP contribution in [0, 0.1) is 0 Å². The molecule has 0 unspecified atom stereocenters. The van der Waals surface area contributed by atoms with Crippen LogP contribution in [-0.2, 0) is 4.79 Å². The van der Waals surface area contributed by atoms with Gasteiger partial charge >= 0.3 is 0 Å². The molecule has 0 amide bonds. The number of carbonyl (C=O) groups is 1. The van der Waals surface area contributed by atoms with Gasteiger partial charge in [0.2, 0.25) is 0 Å². The Balaban J connectivity index is 1.82. The van der Waals surface area contributed by atoms with Crippen molar-refractivity contribution in [3.05, 3.63) is 96.1 Å². The maximum Gasteiger partial charge on any atom is 0.178 e. The van der Waals surface area contributed by atoms with Crippen molar-refractivity contribution in [3.8, 4) is 0 Å². The van der Waals surface area contributed by atoms with E-state index in [0.717, 1.165) is 37.3 Å². The quantitative estimate of drug-likeness (QED) is 0.275. The van der Waals surface area contributed by atoms with Gasteiger partial charge in [-0.1, -0.05) is 60.7 Å². The molecule has 2 aromatic rings. The lowest BCUT2D eigenvalue weighted by Gasteiger charge is -2.20. The minimum Gasteiger partial charge on any atom is -0.372 e. The molecule has 0 bridgehead atoms. The largest absolute Gasteiger partial charge is 0.372 e. The van der Waals surface area contributed by atoms with Crippen molar-refractivity contribution in [3.63, 3.8) is 0 Å². The van der Waals surface area contributed by atoms with Crippen LogP contribution in [0.4, 0.5) is 11.4 Å². The maximum atomic E-state index is 12.0. The molecule has 0 saturated carbocycles. The third kappa shape index (κ3) is 8.07. The Morgan fingerprint density at radius 1 is 0.594 bits per heavy atom. The Kier molecular flexibility index (Phi) is 10.8. The first-order valence-electron chi connectivity index (χ1n) is 11.5. The Hall–Kier alpha value is -3.33. The average Bonchev–Trinajstić information content (AvgIpc) is 2.83. The molecular weight excluding hydrogens is 392 g/mol. The zero-order valence-electron chi connectivity index (χ0n) is 19.9. The molecule has 0 radical (unpaired) electrons. The number of anilines is 2. The molecule has 0 atom stereocenters. The van der Waals surface area contributed by atoms with Gasteiger partial charge in [-0.25, -0.2) is 0 Å². The number of allylic oxidation sites excluding steroid dienone is 6. The molecule has 3 nitrogen and oxygen atoms in total. The molecule has 0 aliphatic carbocycles. The van der Waals surface area contributed by atoms with E-state index in [1.807, 2.05) is 24.3 Å². The van der Waals surface area contributed by atoms with Crippen LogP contribution in [0.2, 0.25) is 0 Å². The van der Waals surface area contributed by atoms with Gasteiger partial charge in [0.05, 0.1) is 0 Å². The van der Waals surface area contributed by atoms with E-state index in [2.05, 4.69) is 86.0 Å². The van der Waals surface area contributed by atoms with E-state index in [4.69, 9.17) is 0 Å². The number of carbonyl (C=O) groups excluding carboxylic acids is 1. The van der Waals surface area contributed by atoms with Gasteiger partial charge in [-0.2, -0.15) is 0 Å². The summed E-state index contributed by atoms with van der Waals surface area (Å²) >= 11 is 0. The molecule has 0 aliphatic rings. The third-order valence-electron chi connectivity index (χ3n) is 5.36. The van der Waals surface area contributed by atoms with E-state index in [0.29, 0.717) is 0 Å². The minimum atomic E-state index is -0.0342. The molecule has 0 fully saturated rings. The molecule has 0 aliphatic heterocycles. The number of ketones is 1. The smallest absolute Gasteiger partial charge is 0.178 e. The Morgan fingerprint density at radius 2 is 0.938 bits per heavy atom. The monoisotopic (exact) mass is 428 g/mol. The SMILES string of the molecule is CCN(CC)c1ccc(C=CC=CC(=O)C=CC=Cc2ccc(N(CC)CC)cc2)cc1. The highest BCUT2D eigenvalue weighted by Gasteiger charge is 2.00. The standard InChI is InChI=1S/C29H36N2O/c1-5-30(6-2)27-21-17-25(18-22-27)13-9-11-15-29(32)16-12-10-14-26-19-23-28(24-20-26)31(7-3)8-4/h9-24H,5-8H2,1-4H3. The maximum absolute atomic E-state index is 12.0.